The highest BCUT2D eigenvalue weighted by molar-refractivity contribution is 5.33. The molecule has 98 valence electrons. The molecule has 0 unspecified atom stereocenters. The number of benzene rings is 1. The van der Waals surface area contributed by atoms with Crippen LogP contribution in [0.2, 0.25) is 0 Å². The molecular weight excluding hydrogens is 241 g/mol. The highest BCUT2D eigenvalue weighted by atomic mass is 19.1. The van der Waals surface area contributed by atoms with Gasteiger partial charge >= 0.3 is 0 Å². The molecule has 0 bridgehead atoms. The third kappa shape index (κ3) is 2.18. The van der Waals surface area contributed by atoms with Gasteiger partial charge in [0.05, 0.1) is 18.8 Å². The van der Waals surface area contributed by atoms with E-state index in [-0.39, 0.29) is 5.82 Å². The van der Waals surface area contributed by atoms with Gasteiger partial charge in [-0.1, -0.05) is 18.2 Å². The molecule has 0 aliphatic heterocycles. The SMILES string of the molecule is C=NCc1nn(Cc2ccccc2F)c2c1CCC2. The summed E-state index contributed by atoms with van der Waals surface area (Å²) >= 11 is 0. The minimum atomic E-state index is -0.173. The van der Waals surface area contributed by atoms with Gasteiger partial charge in [-0.25, -0.2) is 4.39 Å². The summed E-state index contributed by atoms with van der Waals surface area (Å²) in [6.07, 6.45) is 3.22. The van der Waals surface area contributed by atoms with Gasteiger partial charge in [0.2, 0.25) is 0 Å². The van der Waals surface area contributed by atoms with Crippen LogP contribution in [0.25, 0.3) is 0 Å². The molecule has 1 heterocycles. The molecule has 0 atom stereocenters. The van der Waals surface area contributed by atoms with Gasteiger partial charge in [-0.3, -0.25) is 9.67 Å². The van der Waals surface area contributed by atoms with Gasteiger partial charge in [0.25, 0.3) is 0 Å². The lowest BCUT2D eigenvalue weighted by molar-refractivity contribution is 0.572. The number of hydrogen-bond acceptors (Lipinski definition) is 2. The van der Waals surface area contributed by atoms with Crippen LogP contribution in [0.1, 0.15) is 28.9 Å². The summed E-state index contributed by atoms with van der Waals surface area (Å²) in [5.41, 5.74) is 4.21. The summed E-state index contributed by atoms with van der Waals surface area (Å²) in [5, 5.41) is 4.57. The van der Waals surface area contributed by atoms with E-state index in [1.807, 2.05) is 16.8 Å². The molecule has 0 spiro atoms. The zero-order valence-electron chi connectivity index (χ0n) is 10.8. The van der Waals surface area contributed by atoms with Crippen LogP contribution in [0.5, 0.6) is 0 Å². The van der Waals surface area contributed by atoms with E-state index in [0.717, 1.165) is 25.0 Å². The maximum Gasteiger partial charge on any atom is 0.128 e. The van der Waals surface area contributed by atoms with E-state index < -0.39 is 0 Å². The summed E-state index contributed by atoms with van der Waals surface area (Å²) in [6, 6.07) is 6.86. The van der Waals surface area contributed by atoms with Crippen LogP contribution in [-0.4, -0.2) is 16.5 Å². The first-order valence-corrected chi connectivity index (χ1v) is 6.53. The van der Waals surface area contributed by atoms with E-state index in [1.54, 1.807) is 6.07 Å². The minimum absolute atomic E-state index is 0.173. The summed E-state index contributed by atoms with van der Waals surface area (Å²) in [6.45, 7) is 4.57. The molecule has 1 aliphatic carbocycles. The Labute approximate surface area is 111 Å². The second kappa shape index (κ2) is 4.96. The number of aromatic nitrogens is 2. The Balaban J connectivity index is 1.95. The molecule has 0 N–H and O–H groups in total. The lowest BCUT2D eigenvalue weighted by Gasteiger charge is -2.06. The maximum absolute atomic E-state index is 13.7. The van der Waals surface area contributed by atoms with Crippen molar-refractivity contribution in [3.8, 4) is 0 Å². The number of nitrogens with zero attached hydrogens (tertiary/aromatic N) is 3. The standard InChI is InChI=1S/C15H16FN3/c1-17-9-14-12-6-4-8-15(12)19(18-14)10-11-5-2-3-7-13(11)16/h2-3,5,7H,1,4,6,8-10H2. The first kappa shape index (κ1) is 12.1. The molecule has 1 aliphatic rings. The van der Waals surface area contributed by atoms with Crippen molar-refractivity contribution in [1.29, 1.82) is 0 Å². The molecule has 0 fully saturated rings. The average molecular weight is 257 g/mol. The lowest BCUT2D eigenvalue weighted by atomic mass is 10.2. The average Bonchev–Trinajstić information content (AvgIpc) is 2.98. The molecule has 3 rings (SSSR count). The molecule has 0 amide bonds. The largest absolute Gasteiger partial charge is 0.294 e. The molecule has 0 saturated heterocycles. The van der Waals surface area contributed by atoms with Crippen molar-refractivity contribution >= 4 is 6.72 Å². The maximum atomic E-state index is 13.7. The van der Waals surface area contributed by atoms with Crippen molar-refractivity contribution < 1.29 is 4.39 Å². The number of halogens is 1. The quantitative estimate of drug-likeness (QED) is 0.775. The molecule has 19 heavy (non-hydrogen) atoms. The van der Waals surface area contributed by atoms with Gasteiger partial charge in [0.15, 0.2) is 0 Å². The van der Waals surface area contributed by atoms with Gasteiger partial charge in [-0.05, 0) is 37.6 Å². The van der Waals surface area contributed by atoms with E-state index in [9.17, 15) is 4.39 Å². The van der Waals surface area contributed by atoms with E-state index in [0.29, 0.717) is 18.7 Å². The second-order valence-corrected chi connectivity index (χ2v) is 4.86. The van der Waals surface area contributed by atoms with Gasteiger partial charge in [-0.15, -0.1) is 0 Å². The Morgan fingerprint density at radius 3 is 2.95 bits per heavy atom. The van der Waals surface area contributed by atoms with Gasteiger partial charge in [0, 0.05) is 11.3 Å². The highest BCUT2D eigenvalue weighted by Gasteiger charge is 2.22. The molecular formula is C15H16FN3. The van der Waals surface area contributed by atoms with Crippen molar-refractivity contribution in [1.82, 2.24) is 9.78 Å². The highest BCUT2D eigenvalue weighted by Crippen LogP contribution is 2.26. The predicted molar refractivity (Wildman–Crippen MR) is 73.0 cm³/mol. The molecule has 0 saturated carbocycles. The summed E-state index contributed by atoms with van der Waals surface area (Å²) in [4.78, 5) is 3.92. The lowest BCUT2D eigenvalue weighted by Crippen LogP contribution is -2.07. The van der Waals surface area contributed by atoms with Crippen LogP contribution in [0, 0.1) is 5.82 Å². The Kier molecular flexibility index (Phi) is 3.15. The zero-order chi connectivity index (χ0) is 13.2. The van der Waals surface area contributed by atoms with Crippen LogP contribution in [0.3, 0.4) is 0 Å². The molecule has 1 aromatic carbocycles. The smallest absolute Gasteiger partial charge is 0.128 e. The van der Waals surface area contributed by atoms with Crippen molar-refractivity contribution in [2.24, 2.45) is 4.99 Å². The molecule has 1 aromatic heterocycles. The van der Waals surface area contributed by atoms with Gasteiger partial charge in [0.1, 0.15) is 5.82 Å². The summed E-state index contributed by atoms with van der Waals surface area (Å²) < 4.78 is 15.6. The first-order valence-electron chi connectivity index (χ1n) is 6.53. The van der Waals surface area contributed by atoms with E-state index in [1.165, 1.54) is 17.3 Å². The predicted octanol–water partition coefficient (Wildman–Crippen LogP) is 2.76. The Morgan fingerprint density at radius 1 is 1.32 bits per heavy atom. The zero-order valence-corrected chi connectivity index (χ0v) is 10.8. The Hall–Kier alpha value is -1.97. The normalized spacial score (nSPS) is 13.5. The Bertz CT molecular complexity index is 616. The van der Waals surface area contributed by atoms with Crippen molar-refractivity contribution in [3.63, 3.8) is 0 Å². The van der Waals surface area contributed by atoms with Crippen LogP contribution < -0.4 is 0 Å². The van der Waals surface area contributed by atoms with Crippen LogP contribution in [0.4, 0.5) is 4.39 Å². The molecule has 2 aromatic rings. The van der Waals surface area contributed by atoms with Crippen molar-refractivity contribution in [2.45, 2.75) is 32.4 Å². The number of hydrogen-bond donors (Lipinski definition) is 0. The number of fused-ring (bicyclic) bond motifs is 1. The van der Waals surface area contributed by atoms with E-state index >= 15 is 0 Å². The summed E-state index contributed by atoms with van der Waals surface area (Å²) in [7, 11) is 0. The Morgan fingerprint density at radius 2 is 2.16 bits per heavy atom. The first-order chi connectivity index (χ1) is 9.29. The minimum Gasteiger partial charge on any atom is -0.294 e. The fourth-order valence-electron chi connectivity index (χ4n) is 2.74. The summed E-state index contributed by atoms with van der Waals surface area (Å²) in [5.74, 6) is -0.173. The van der Waals surface area contributed by atoms with Crippen LogP contribution >= 0.6 is 0 Å². The third-order valence-electron chi connectivity index (χ3n) is 3.63. The number of rotatable bonds is 4. The number of aliphatic imine (C=N–C) groups is 1. The monoisotopic (exact) mass is 257 g/mol. The van der Waals surface area contributed by atoms with Gasteiger partial charge in [-0.2, -0.15) is 5.10 Å². The van der Waals surface area contributed by atoms with Crippen molar-refractivity contribution in [2.75, 3.05) is 0 Å². The fraction of sp³-hybridized carbons (Fsp3) is 0.333. The van der Waals surface area contributed by atoms with Crippen LogP contribution in [0.15, 0.2) is 29.3 Å². The molecule has 0 radical (unpaired) electrons. The van der Waals surface area contributed by atoms with E-state index in [2.05, 4.69) is 16.8 Å². The topological polar surface area (TPSA) is 30.2 Å². The second-order valence-electron chi connectivity index (χ2n) is 4.86. The fourth-order valence-corrected chi connectivity index (χ4v) is 2.74. The molecule has 4 heteroatoms. The van der Waals surface area contributed by atoms with Crippen LogP contribution in [-0.2, 0) is 25.9 Å². The third-order valence-corrected chi connectivity index (χ3v) is 3.63. The van der Waals surface area contributed by atoms with Gasteiger partial charge < -0.3 is 0 Å². The van der Waals surface area contributed by atoms with Crippen molar-refractivity contribution in [3.05, 3.63) is 52.6 Å². The van der Waals surface area contributed by atoms with E-state index in [4.69, 9.17) is 0 Å². The molecule has 3 nitrogen and oxygen atoms in total.